The molecule has 0 spiro atoms. The maximum absolute atomic E-state index is 11.4. The number of rotatable bonds is 5. The lowest BCUT2D eigenvalue weighted by atomic mass is 10.1. The van der Waals surface area contributed by atoms with Gasteiger partial charge in [-0.3, -0.25) is 4.79 Å². The number of hydrogen-bond donors (Lipinski definition) is 2. The van der Waals surface area contributed by atoms with Crippen molar-refractivity contribution in [1.82, 2.24) is 10.6 Å². The number of nitrogens with zero attached hydrogens (tertiary/aromatic N) is 1. The van der Waals surface area contributed by atoms with Crippen LogP contribution in [0.3, 0.4) is 0 Å². The first-order valence-electron chi connectivity index (χ1n) is 5.61. The van der Waals surface area contributed by atoms with Gasteiger partial charge in [-0.2, -0.15) is 5.26 Å². The third-order valence-electron chi connectivity index (χ3n) is 2.24. The topological polar surface area (TPSA) is 64.9 Å². The van der Waals surface area contributed by atoms with E-state index in [9.17, 15) is 4.79 Å². The highest BCUT2D eigenvalue weighted by Crippen LogP contribution is 2.02. The molecule has 0 atom stereocenters. The predicted molar refractivity (Wildman–Crippen MR) is 66.1 cm³/mol. The minimum atomic E-state index is -0.0249. The van der Waals surface area contributed by atoms with Crippen LogP contribution in [0.2, 0.25) is 0 Å². The summed E-state index contributed by atoms with van der Waals surface area (Å²) < 4.78 is 0. The number of carbonyl (C=O) groups excluding carboxylic acids is 1. The minimum Gasteiger partial charge on any atom is -0.351 e. The Morgan fingerprint density at radius 2 is 2.00 bits per heavy atom. The monoisotopic (exact) mass is 231 g/mol. The molecule has 17 heavy (non-hydrogen) atoms. The van der Waals surface area contributed by atoms with E-state index in [1.807, 2.05) is 26.0 Å². The molecule has 0 saturated carbocycles. The van der Waals surface area contributed by atoms with Gasteiger partial charge in [-0.25, -0.2) is 0 Å². The van der Waals surface area contributed by atoms with Gasteiger partial charge < -0.3 is 10.6 Å². The molecule has 0 aromatic heterocycles. The molecule has 0 saturated heterocycles. The fourth-order valence-electron chi connectivity index (χ4n) is 1.26. The Kier molecular flexibility index (Phi) is 5.18. The highest BCUT2D eigenvalue weighted by molar-refractivity contribution is 5.77. The molecule has 1 aromatic carbocycles. The Bertz CT molecular complexity index is 404. The summed E-state index contributed by atoms with van der Waals surface area (Å²) in [5, 5.41) is 14.5. The van der Waals surface area contributed by atoms with Crippen LogP contribution in [0.15, 0.2) is 24.3 Å². The van der Waals surface area contributed by atoms with Gasteiger partial charge in [0.05, 0.1) is 18.2 Å². The zero-order chi connectivity index (χ0) is 12.7. The van der Waals surface area contributed by atoms with Gasteiger partial charge in [0.2, 0.25) is 5.91 Å². The lowest BCUT2D eigenvalue weighted by molar-refractivity contribution is -0.120. The van der Waals surface area contributed by atoms with Gasteiger partial charge in [-0.1, -0.05) is 26.0 Å². The Balaban J connectivity index is 2.35. The summed E-state index contributed by atoms with van der Waals surface area (Å²) >= 11 is 0. The van der Waals surface area contributed by atoms with Crippen LogP contribution in [0.5, 0.6) is 0 Å². The first kappa shape index (κ1) is 13.2. The third kappa shape index (κ3) is 5.14. The number of nitrogens with one attached hydrogen (secondary N) is 2. The van der Waals surface area contributed by atoms with Gasteiger partial charge in [0.15, 0.2) is 0 Å². The molecule has 4 heteroatoms. The van der Waals surface area contributed by atoms with Crippen molar-refractivity contribution in [2.75, 3.05) is 6.54 Å². The van der Waals surface area contributed by atoms with Crippen molar-refractivity contribution in [3.05, 3.63) is 35.4 Å². The number of benzene rings is 1. The molecule has 0 bridgehead atoms. The van der Waals surface area contributed by atoms with Gasteiger partial charge in [-0.15, -0.1) is 0 Å². The standard InChI is InChI=1S/C13H17N3O/c1-10(2)15-9-13(17)16-8-12-5-3-11(7-14)4-6-12/h3-6,10,15H,8-9H2,1-2H3,(H,16,17). The Labute approximate surface area is 102 Å². The van der Waals surface area contributed by atoms with E-state index in [4.69, 9.17) is 5.26 Å². The summed E-state index contributed by atoms with van der Waals surface area (Å²) in [4.78, 5) is 11.4. The summed E-state index contributed by atoms with van der Waals surface area (Å²) in [6.07, 6.45) is 0. The molecular weight excluding hydrogens is 214 g/mol. The second kappa shape index (κ2) is 6.66. The summed E-state index contributed by atoms with van der Waals surface area (Å²) in [7, 11) is 0. The number of amides is 1. The van der Waals surface area contributed by atoms with Crippen molar-refractivity contribution in [1.29, 1.82) is 5.26 Å². The molecule has 0 unspecified atom stereocenters. The molecular formula is C13H17N3O. The van der Waals surface area contributed by atoms with Crippen molar-refractivity contribution in [3.63, 3.8) is 0 Å². The summed E-state index contributed by atoms with van der Waals surface area (Å²) in [5.74, 6) is -0.0249. The molecule has 0 aliphatic carbocycles. The Hall–Kier alpha value is -1.86. The van der Waals surface area contributed by atoms with E-state index < -0.39 is 0 Å². The molecule has 4 nitrogen and oxygen atoms in total. The van der Waals surface area contributed by atoms with Gasteiger partial charge in [-0.05, 0) is 17.7 Å². The lowest BCUT2D eigenvalue weighted by Crippen LogP contribution is -2.36. The van der Waals surface area contributed by atoms with Crippen LogP contribution in [-0.2, 0) is 11.3 Å². The molecule has 0 heterocycles. The zero-order valence-corrected chi connectivity index (χ0v) is 10.2. The van der Waals surface area contributed by atoms with Crippen molar-refractivity contribution in [2.45, 2.75) is 26.4 Å². The number of hydrogen-bond acceptors (Lipinski definition) is 3. The predicted octanol–water partition coefficient (Wildman–Crippen LogP) is 1.17. The van der Waals surface area contributed by atoms with Gasteiger partial charge in [0, 0.05) is 12.6 Å². The highest BCUT2D eigenvalue weighted by atomic mass is 16.1. The fourth-order valence-corrected chi connectivity index (χ4v) is 1.26. The van der Waals surface area contributed by atoms with Crippen LogP contribution in [0.25, 0.3) is 0 Å². The van der Waals surface area contributed by atoms with E-state index in [2.05, 4.69) is 16.7 Å². The van der Waals surface area contributed by atoms with Crippen molar-refractivity contribution >= 4 is 5.91 Å². The highest BCUT2D eigenvalue weighted by Gasteiger charge is 2.01. The largest absolute Gasteiger partial charge is 0.351 e. The van der Waals surface area contributed by atoms with Crippen molar-refractivity contribution < 1.29 is 4.79 Å². The molecule has 1 amide bonds. The third-order valence-corrected chi connectivity index (χ3v) is 2.24. The summed E-state index contributed by atoms with van der Waals surface area (Å²) in [6, 6.07) is 9.53. The molecule has 1 rings (SSSR count). The van der Waals surface area contributed by atoms with Gasteiger partial charge in [0.25, 0.3) is 0 Å². The normalized spacial score (nSPS) is 10.0. The zero-order valence-electron chi connectivity index (χ0n) is 10.2. The van der Waals surface area contributed by atoms with E-state index in [1.54, 1.807) is 12.1 Å². The van der Waals surface area contributed by atoms with E-state index in [0.717, 1.165) is 5.56 Å². The fraction of sp³-hybridized carbons (Fsp3) is 0.385. The van der Waals surface area contributed by atoms with Gasteiger partial charge in [0.1, 0.15) is 0 Å². The molecule has 0 radical (unpaired) electrons. The maximum atomic E-state index is 11.4. The van der Waals surface area contributed by atoms with Crippen LogP contribution in [0.4, 0.5) is 0 Å². The van der Waals surface area contributed by atoms with E-state index in [1.165, 1.54) is 0 Å². The second-order valence-corrected chi connectivity index (χ2v) is 4.12. The van der Waals surface area contributed by atoms with E-state index >= 15 is 0 Å². The van der Waals surface area contributed by atoms with Crippen molar-refractivity contribution in [3.8, 4) is 6.07 Å². The maximum Gasteiger partial charge on any atom is 0.234 e. The summed E-state index contributed by atoms with van der Waals surface area (Å²) in [5.41, 5.74) is 1.61. The SMILES string of the molecule is CC(C)NCC(=O)NCc1ccc(C#N)cc1. The summed E-state index contributed by atoms with van der Waals surface area (Å²) in [6.45, 7) is 4.81. The van der Waals surface area contributed by atoms with E-state index in [0.29, 0.717) is 24.7 Å². The average Bonchev–Trinajstić information content (AvgIpc) is 2.34. The van der Waals surface area contributed by atoms with Crippen molar-refractivity contribution in [2.24, 2.45) is 0 Å². The first-order valence-corrected chi connectivity index (χ1v) is 5.61. The van der Waals surface area contributed by atoms with Crippen LogP contribution in [0.1, 0.15) is 25.0 Å². The molecule has 2 N–H and O–H groups in total. The number of carbonyl (C=O) groups is 1. The molecule has 1 aromatic rings. The lowest BCUT2D eigenvalue weighted by Gasteiger charge is -2.08. The van der Waals surface area contributed by atoms with Crippen LogP contribution in [-0.4, -0.2) is 18.5 Å². The molecule has 90 valence electrons. The molecule has 0 aliphatic rings. The first-order chi connectivity index (χ1) is 8.11. The Morgan fingerprint density at radius 3 is 2.53 bits per heavy atom. The number of nitriles is 1. The Morgan fingerprint density at radius 1 is 1.35 bits per heavy atom. The average molecular weight is 231 g/mol. The molecule has 0 aliphatic heterocycles. The van der Waals surface area contributed by atoms with Crippen LogP contribution in [0, 0.1) is 11.3 Å². The smallest absolute Gasteiger partial charge is 0.234 e. The van der Waals surface area contributed by atoms with Crippen LogP contribution < -0.4 is 10.6 Å². The van der Waals surface area contributed by atoms with Gasteiger partial charge >= 0.3 is 0 Å². The second-order valence-electron chi connectivity index (χ2n) is 4.12. The minimum absolute atomic E-state index is 0.0249. The quantitative estimate of drug-likeness (QED) is 0.799. The van der Waals surface area contributed by atoms with E-state index in [-0.39, 0.29) is 5.91 Å². The molecule has 0 fully saturated rings. The van der Waals surface area contributed by atoms with Crippen LogP contribution >= 0.6 is 0 Å².